The summed E-state index contributed by atoms with van der Waals surface area (Å²) in [5.41, 5.74) is 0. The number of hydrogen-bond donors (Lipinski definition) is 7. The molecule has 2 heterocycles. The first-order valence-corrected chi connectivity index (χ1v) is 8.98. The maximum Gasteiger partial charge on any atom is 0.160 e. The molecule has 11 heteroatoms. The van der Waals surface area contributed by atoms with Gasteiger partial charge in [-0.1, -0.05) is 0 Å². The van der Waals surface area contributed by atoms with E-state index < -0.39 is 74.9 Å². The van der Waals surface area contributed by atoms with Crippen molar-refractivity contribution in [2.45, 2.75) is 62.0 Å². The summed E-state index contributed by atoms with van der Waals surface area (Å²) >= 11 is 0. The van der Waals surface area contributed by atoms with Crippen LogP contribution in [-0.4, -0.2) is 118 Å². The molecule has 160 valence electrons. The Balaban J connectivity index is 1.85. The fourth-order valence-corrected chi connectivity index (χ4v) is 3.14. The molecule has 2 aliphatic heterocycles. The zero-order valence-corrected chi connectivity index (χ0v) is 14.9. The van der Waals surface area contributed by atoms with Crippen LogP contribution in [0.1, 0.15) is 12.8 Å². The average molecular weight is 398 g/mol. The first-order valence-electron chi connectivity index (χ1n) is 8.98. The van der Waals surface area contributed by atoms with Gasteiger partial charge < -0.3 is 54.7 Å². The van der Waals surface area contributed by atoms with E-state index in [4.69, 9.17) is 24.1 Å². The van der Waals surface area contributed by atoms with Crippen molar-refractivity contribution in [1.82, 2.24) is 0 Å². The normalized spacial score (nSPS) is 41.4. The summed E-state index contributed by atoms with van der Waals surface area (Å²) in [6.45, 7) is -1.58. The molecule has 5 unspecified atom stereocenters. The Kier molecular flexibility index (Phi) is 9.25. The molecule has 2 fully saturated rings. The van der Waals surface area contributed by atoms with E-state index in [1.54, 1.807) is 0 Å². The highest BCUT2D eigenvalue weighted by Crippen LogP contribution is 2.28. The van der Waals surface area contributed by atoms with Crippen molar-refractivity contribution in [3.63, 3.8) is 0 Å². The van der Waals surface area contributed by atoms with Crippen LogP contribution in [0.5, 0.6) is 0 Å². The summed E-state index contributed by atoms with van der Waals surface area (Å²) in [5.74, 6) is -0.599. The van der Waals surface area contributed by atoms with Crippen LogP contribution in [0.3, 0.4) is 0 Å². The third-order valence-corrected chi connectivity index (χ3v) is 4.79. The zero-order valence-electron chi connectivity index (χ0n) is 14.9. The standard InChI is InChI=1S/C16H30O11/c17-3-8(20)6-24-14-1-10(21)9(12(4-18)26-14)7-25-15-2-11(22)16(23)13(5-19)27-15/h8-23H,1-7H2/t8?,9-,10?,11?,12?,13?,14-,15-,16-/m1/s1. The van der Waals surface area contributed by atoms with Crippen LogP contribution >= 0.6 is 0 Å². The molecule has 0 aromatic rings. The molecular formula is C16H30O11. The highest BCUT2D eigenvalue weighted by atomic mass is 16.7. The van der Waals surface area contributed by atoms with Gasteiger partial charge in [0.05, 0.1) is 51.3 Å². The van der Waals surface area contributed by atoms with Crippen molar-refractivity contribution < 1.29 is 54.7 Å². The van der Waals surface area contributed by atoms with Crippen LogP contribution in [0.15, 0.2) is 0 Å². The summed E-state index contributed by atoms with van der Waals surface area (Å²) in [6.07, 6.45) is -7.76. The van der Waals surface area contributed by atoms with Gasteiger partial charge in [-0.15, -0.1) is 0 Å². The Morgan fingerprint density at radius 1 is 0.852 bits per heavy atom. The summed E-state index contributed by atoms with van der Waals surface area (Å²) in [4.78, 5) is 0. The molecule has 27 heavy (non-hydrogen) atoms. The van der Waals surface area contributed by atoms with Gasteiger partial charge in [0, 0.05) is 18.8 Å². The van der Waals surface area contributed by atoms with Gasteiger partial charge in [-0.05, 0) is 0 Å². The first kappa shape index (κ1) is 22.8. The van der Waals surface area contributed by atoms with Crippen LogP contribution in [0.4, 0.5) is 0 Å². The lowest BCUT2D eigenvalue weighted by Crippen LogP contribution is -2.52. The van der Waals surface area contributed by atoms with Crippen molar-refractivity contribution in [3.05, 3.63) is 0 Å². The molecule has 2 aliphatic rings. The zero-order chi connectivity index (χ0) is 20.0. The lowest BCUT2D eigenvalue weighted by Gasteiger charge is -2.40. The first-order chi connectivity index (χ1) is 12.9. The molecule has 2 saturated heterocycles. The van der Waals surface area contributed by atoms with E-state index in [2.05, 4.69) is 0 Å². The minimum absolute atomic E-state index is 0.00405. The molecule has 0 spiro atoms. The fourth-order valence-electron chi connectivity index (χ4n) is 3.14. The lowest BCUT2D eigenvalue weighted by molar-refractivity contribution is -0.283. The number of aliphatic hydroxyl groups excluding tert-OH is 7. The molecule has 2 rings (SSSR count). The largest absolute Gasteiger partial charge is 0.394 e. The van der Waals surface area contributed by atoms with Crippen molar-refractivity contribution >= 4 is 0 Å². The van der Waals surface area contributed by atoms with Crippen LogP contribution in [0.2, 0.25) is 0 Å². The number of rotatable bonds is 9. The van der Waals surface area contributed by atoms with Crippen LogP contribution in [-0.2, 0) is 18.9 Å². The van der Waals surface area contributed by atoms with Crippen molar-refractivity contribution in [2.75, 3.05) is 33.0 Å². The second kappa shape index (κ2) is 10.9. The molecule has 0 aromatic heterocycles. The van der Waals surface area contributed by atoms with Crippen LogP contribution < -0.4 is 0 Å². The van der Waals surface area contributed by atoms with E-state index in [0.29, 0.717) is 0 Å². The van der Waals surface area contributed by atoms with E-state index in [-0.39, 0.29) is 26.1 Å². The predicted octanol–water partition coefficient (Wildman–Crippen LogP) is -3.71. The van der Waals surface area contributed by atoms with Crippen LogP contribution in [0, 0.1) is 5.92 Å². The number of ether oxygens (including phenoxy) is 4. The lowest BCUT2D eigenvalue weighted by atomic mass is 9.91. The average Bonchev–Trinajstić information content (AvgIpc) is 2.67. The topological polar surface area (TPSA) is 179 Å². The molecule has 0 aromatic carbocycles. The summed E-state index contributed by atoms with van der Waals surface area (Å²) in [5, 5.41) is 66.7. The van der Waals surface area contributed by atoms with E-state index in [9.17, 15) is 30.6 Å². The van der Waals surface area contributed by atoms with Gasteiger partial charge in [-0.3, -0.25) is 0 Å². The minimum Gasteiger partial charge on any atom is -0.394 e. The quantitative estimate of drug-likeness (QED) is 0.203. The SMILES string of the molecule is OCC(O)CO[C@H]1CC(O)[C@@H](CO[C@H]2CC(O)[C@@H](O)C(CO)O2)C(CO)O1. The predicted molar refractivity (Wildman–Crippen MR) is 87.2 cm³/mol. The van der Waals surface area contributed by atoms with Gasteiger partial charge >= 0.3 is 0 Å². The third kappa shape index (κ3) is 6.27. The second-order valence-electron chi connectivity index (χ2n) is 6.84. The van der Waals surface area contributed by atoms with Crippen molar-refractivity contribution in [3.8, 4) is 0 Å². The Labute approximate surface area is 156 Å². The van der Waals surface area contributed by atoms with E-state index in [1.165, 1.54) is 0 Å². The van der Waals surface area contributed by atoms with E-state index in [0.717, 1.165) is 0 Å². The highest BCUT2D eigenvalue weighted by molar-refractivity contribution is 4.85. The molecule has 0 radical (unpaired) electrons. The maximum atomic E-state index is 10.4. The third-order valence-electron chi connectivity index (χ3n) is 4.79. The fraction of sp³-hybridized carbons (Fsp3) is 1.00. The Hall–Kier alpha value is -0.440. The second-order valence-corrected chi connectivity index (χ2v) is 6.84. The van der Waals surface area contributed by atoms with Gasteiger partial charge in [-0.2, -0.15) is 0 Å². The maximum absolute atomic E-state index is 10.4. The molecule has 0 aliphatic carbocycles. The van der Waals surface area contributed by atoms with Gasteiger partial charge in [0.25, 0.3) is 0 Å². The molecule has 0 bridgehead atoms. The van der Waals surface area contributed by atoms with Gasteiger partial charge in [0.15, 0.2) is 12.6 Å². The Morgan fingerprint density at radius 3 is 2.07 bits per heavy atom. The van der Waals surface area contributed by atoms with Crippen LogP contribution in [0.25, 0.3) is 0 Å². The molecule has 9 atom stereocenters. The molecular weight excluding hydrogens is 368 g/mol. The summed E-state index contributed by atoms with van der Waals surface area (Å²) in [6, 6.07) is 0. The van der Waals surface area contributed by atoms with Gasteiger partial charge in [-0.25, -0.2) is 0 Å². The summed E-state index contributed by atoms with van der Waals surface area (Å²) < 4.78 is 21.8. The van der Waals surface area contributed by atoms with Gasteiger partial charge in [0.2, 0.25) is 0 Å². The number of hydrogen-bond acceptors (Lipinski definition) is 11. The van der Waals surface area contributed by atoms with Gasteiger partial charge in [0.1, 0.15) is 18.3 Å². The van der Waals surface area contributed by atoms with E-state index in [1.807, 2.05) is 0 Å². The molecule has 0 saturated carbocycles. The number of aliphatic hydroxyl groups is 7. The summed E-state index contributed by atoms with van der Waals surface area (Å²) in [7, 11) is 0. The van der Waals surface area contributed by atoms with Crippen molar-refractivity contribution in [1.29, 1.82) is 0 Å². The smallest absolute Gasteiger partial charge is 0.160 e. The molecule has 0 amide bonds. The van der Waals surface area contributed by atoms with Crippen molar-refractivity contribution in [2.24, 2.45) is 5.92 Å². The highest BCUT2D eigenvalue weighted by Gasteiger charge is 2.41. The Bertz CT molecular complexity index is 425. The monoisotopic (exact) mass is 398 g/mol. The van der Waals surface area contributed by atoms with E-state index >= 15 is 0 Å². The molecule has 7 N–H and O–H groups in total. The Morgan fingerprint density at radius 2 is 1.44 bits per heavy atom. The molecule has 11 nitrogen and oxygen atoms in total. The minimum atomic E-state index is -1.21.